The fourth-order valence-electron chi connectivity index (χ4n) is 9.18. The van der Waals surface area contributed by atoms with Gasteiger partial charge >= 0.3 is 0 Å². The summed E-state index contributed by atoms with van der Waals surface area (Å²) in [5.74, 6) is 0.968. The zero-order chi connectivity index (χ0) is 32.7. The number of nitrogens with zero attached hydrogens (tertiary/aromatic N) is 1. The molecule has 1 aliphatic carbocycles. The summed E-state index contributed by atoms with van der Waals surface area (Å²) in [7, 11) is 0. The van der Waals surface area contributed by atoms with E-state index >= 15 is 0 Å². The van der Waals surface area contributed by atoms with Crippen LogP contribution in [-0.2, 0) is 11.0 Å². The Morgan fingerprint density at radius 3 is 2.06 bits per heavy atom. The highest BCUT2D eigenvalue weighted by Gasteiger charge is 2.44. The predicted molar refractivity (Wildman–Crippen MR) is 206 cm³/mol. The molecule has 0 amide bonds. The van der Waals surface area contributed by atoms with Crippen LogP contribution in [0.2, 0.25) is 0 Å². The van der Waals surface area contributed by atoms with Gasteiger partial charge < -0.3 is 9.64 Å². The normalized spacial score (nSPS) is 19.1. The van der Waals surface area contributed by atoms with E-state index in [2.05, 4.69) is 158 Å². The molecule has 10 rings (SSSR count). The first-order valence-corrected chi connectivity index (χ1v) is 17.9. The molecule has 0 radical (unpaired) electrons. The Balaban J connectivity index is 1.23. The maximum Gasteiger partial charge on any atom is 0.178 e. The van der Waals surface area contributed by atoms with Gasteiger partial charge in [-0.25, -0.2) is 0 Å². The lowest BCUT2D eigenvalue weighted by atomic mass is 9.76. The van der Waals surface area contributed by atoms with Crippen LogP contribution in [0.5, 0.6) is 5.75 Å². The SMILES string of the molecule is CC1(C)c2ccccc2-c2c1c1c(c3ccccc23)OC(c2ccc(N3CCCCC3)cc2)(c2ccc3ccc4ccccc4c3c2)C=C1. The Bertz CT molecular complexity index is 2480. The van der Waals surface area contributed by atoms with Crippen molar-refractivity contribution in [3.8, 4) is 16.9 Å². The second-order valence-electron chi connectivity index (χ2n) is 14.7. The molecule has 2 nitrogen and oxygen atoms in total. The molecular weight excluding hydrogens is 595 g/mol. The van der Waals surface area contributed by atoms with Crippen molar-refractivity contribution in [1.82, 2.24) is 0 Å². The maximum atomic E-state index is 7.67. The van der Waals surface area contributed by atoms with Crippen LogP contribution in [0.15, 0.2) is 133 Å². The standard InChI is InChI=1S/C47H39NO/c1-46(2)42-17-9-8-16-39(42)43-37-14-6-7-15-38(37)45-40(44(43)46)26-27-47(49-45,33-22-24-35(25-23-33)48-28-10-3-11-29-48)34-21-20-32-19-18-31-12-4-5-13-36(31)41(32)30-34/h4-9,12-27,30H,3,10-11,28-29H2,1-2H3. The van der Waals surface area contributed by atoms with Crippen molar-refractivity contribution in [3.63, 3.8) is 0 Å². The van der Waals surface area contributed by atoms with Crippen LogP contribution in [0.3, 0.4) is 0 Å². The van der Waals surface area contributed by atoms with Crippen LogP contribution in [0, 0.1) is 0 Å². The highest BCUT2D eigenvalue weighted by molar-refractivity contribution is 6.09. The summed E-state index contributed by atoms with van der Waals surface area (Å²) in [6.07, 6.45) is 8.56. The van der Waals surface area contributed by atoms with Crippen LogP contribution >= 0.6 is 0 Å². The molecule has 2 aliphatic heterocycles. The number of hydrogen-bond acceptors (Lipinski definition) is 2. The number of rotatable bonds is 3. The van der Waals surface area contributed by atoms with Crippen molar-refractivity contribution in [1.29, 1.82) is 0 Å². The minimum absolute atomic E-state index is 0.161. The molecule has 1 saturated heterocycles. The van der Waals surface area contributed by atoms with Crippen molar-refractivity contribution in [2.24, 2.45) is 0 Å². The Morgan fingerprint density at radius 1 is 0.592 bits per heavy atom. The minimum Gasteiger partial charge on any atom is -0.472 e. The number of ether oxygens (including phenoxy) is 1. The maximum absolute atomic E-state index is 7.67. The Labute approximate surface area is 288 Å². The molecule has 1 fully saturated rings. The van der Waals surface area contributed by atoms with Gasteiger partial charge in [0.15, 0.2) is 5.60 Å². The van der Waals surface area contributed by atoms with E-state index in [9.17, 15) is 0 Å². The molecular formula is C47H39NO. The summed E-state index contributed by atoms with van der Waals surface area (Å²) in [5.41, 5.74) is 9.21. The molecule has 3 aliphatic rings. The van der Waals surface area contributed by atoms with Gasteiger partial charge in [0.25, 0.3) is 0 Å². The largest absolute Gasteiger partial charge is 0.472 e. The van der Waals surface area contributed by atoms with Crippen molar-refractivity contribution in [3.05, 3.63) is 161 Å². The van der Waals surface area contributed by atoms with Gasteiger partial charge in [-0.05, 0) is 92.7 Å². The number of benzene rings is 7. The van der Waals surface area contributed by atoms with Crippen molar-refractivity contribution < 1.29 is 4.74 Å². The smallest absolute Gasteiger partial charge is 0.178 e. The molecule has 49 heavy (non-hydrogen) atoms. The summed E-state index contributed by atoms with van der Waals surface area (Å²) in [4.78, 5) is 2.53. The molecule has 0 spiro atoms. The molecule has 7 aromatic carbocycles. The van der Waals surface area contributed by atoms with Gasteiger partial charge in [0.1, 0.15) is 5.75 Å². The van der Waals surface area contributed by atoms with E-state index in [0.29, 0.717) is 0 Å². The summed E-state index contributed by atoms with van der Waals surface area (Å²) in [6, 6.07) is 47.1. The number of anilines is 1. The van der Waals surface area contributed by atoms with Crippen molar-refractivity contribution in [2.75, 3.05) is 18.0 Å². The highest BCUT2D eigenvalue weighted by atomic mass is 16.5. The topological polar surface area (TPSA) is 12.5 Å². The van der Waals surface area contributed by atoms with Crippen molar-refractivity contribution >= 4 is 44.1 Å². The fourth-order valence-corrected chi connectivity index (χ4v) is 9.18. The second-order valence-corrected chi connectivity index (χ2v) is 14.7. The Hall–Kier alpha value is -5.34. The zero-order valence-corrected chi connectivity index (χ0v) is 28.2. The second kappa shape index (κ2) is 10.6. The van der Waals surface area contributed by atoms with Crippen molar-refractivity contribution in [2.45, 2.75) is 44.1 Å². The number of piperidine rings is 1. The minimum atomic E-state index is -0.814. The quantitative estimate of drug-likeness (QED) is 0.180. The van der Waals surface area contributed by atoms with E-state index in [1.54, 1.807) is 0 Å². The molecule has 1 atom stereocenters. The van der Waals surface area contributed by atoms with Crippen LogP contribution in [0.4, 0.5) is 5.69 Å². The third kappa shape index (κ3) is 4.13. The Kier molecular flexibility index (Phi) is 6.19. The lowest BCUT2D eigenvalue weighted by Crippen LogP contribution is -2.35. The third-order valence-electron chi connectivity index (χ3n) is 11.6. The van der Waals surface area contributed by atoms with Gasteiger partial charge in [-0.3, -0.25) is 0 Å². The summed E-state index contributed by atoms with van der Waals surface area (Å²) < 4.78 is 7.67. The molecule has 238 valence electrons. The number of hydrogen-bond donors (Lipinski definition) is 0. The van der Waals surface area contributed by atoms with E-state index < -0.39 is 5.60 Å². The first kappa shape index (κ1) is 28.7. The molecule has 0 aromatic heterocycles. The average molecular weight is 634 g/mol. The fraction of sp³-hybridized carbons (Fsp3) is 0.191. The van der Waals surface area contributed by atoms with E-state index in [0.717, 1.165) is 35.4 Å². The third-order valence-corrected chi connectivity index (χ3v) is 11.6. The van der Waals surface area contributed by atoms with Crippen LogP contribution in [-0.4, -0.2) is 13.1 Å². The van der Waals surface area contributed by atoms with Crippen LogP contribution < -0.4 is 9.64 Å². The van der Waals surface area contributed by atoms with Gasteiger partial charge in [-0.15, -0.1) is 0 Å². The lowest BCUT2D eigenvalue weighted by Gasteiger charge is -2.39. The predicted octanol–water partition coefficient (Wildman–Crippen LogP) is 11.8. The number of fused-ring (bicyclic) bond motifs is 11. The highest BCUT2D eigenvalue weighted by Crippen LogP contribution is 2.58. The lowest BCUT2D eigenvalue weighted by molar-refractivity contribution is 0.163. The average Bonchev–Trinajstić information content (AvgIpc) is 3.41. The summed E-state index contributed by atoms with van der Waals surface area (Å²) in [6.45, 7) is 6.99. The molecule has 0 bridgehead atoms. The van der Waals surface area contributed by atoms with Gasteiger partial charge in [0.05, 0.1) is 0 Å². The Morgan fingerprint density at radius 2 is 1.24 bits per heavy atom. The first-order valence-electron chi connectivity index (χ1n) is 17.9. The monoisotopic (exact) mass is 633 g/mol. The molecule has 0 N–H and O–H groups in total. The van der Waals surface area contributed by atoms with Gasteiger partial charge in [-0.2, -0.15) is 0 Å². The summed E-state index contributed by atoms with van der Waals surface area (Å²) in [5, 5.41) is 7.41. The first-order chi connectivity index (χ1) is 24.0. The molecule has 7 aromatic rings. The van der Waals surface area contributed by atoms with E-state index in [1.165, 1.54) is 79.7 Å². The van der Waals surface area contributed by atoms with Gasteiger partial charge in [-0.1, -0.05) is 129 Å². The molecule has 2 heterocycles. The van der Waals surface area contributed by atoms with E-state index in [-0.39, 0.29) is 5.41 Å². The molecule has 2 heteroatoms. The zero-order valence-electron chi connectivity index (χ0n) is 28.2. The van der Waals surface area contributed by atoms with E-state index in [4.69, 9.17) is 4.74 Å². The van der Waals surface area contributed by atoms with Gasteiger partial charge in [0.2, 0.25) is 0 Å². The van der Waals surface area contributed by atoms with E-state index in [1.807, 2.05) is 0 Å². The van der Waals surface area contributed by atoms with Gasteiger partial charge in [0, 0.05) is 46.3 Å². The van der Waals surface area contributed by atoms with Crippen LogP contribution in [0.1, 0.15) is 60.9 Å². The molecule has 1 unspecified atom stereocenters. The summed E-state index contributed by atoms with van der Waals surface area (Å²) >= 11 is 0. The van der Waals surface area contributed by atoms with Crippen LogP contribution in [0.25, 0.3) is 49.5 Å². The molecule has 0 saturated carbocycles.